The number of pyridine rings is 2. The number of hydrogen-bond donors (Lipinski definition) is 1. The molecule has 0 unspecified atom stereocenters. The number of anilines is 2. The monoisotopic (exact) mass is 440 g/mol. The minimum absolute atomic E-state index is 0.0780. The van der Waals surface area contributed by atoms with Crippen molar-refractivity contribution in [2.45, 2.75) is 12.1 Å². The minimum atomic E-state index is -0.0901. The van der Waals surface area contributed by atoms with Crippen molar-refractivity contribution in [3.8, 4) is 5.69 Å². The average molecular weight is 441 g/mol. The molecular weight excluding hydrogens is 416 g/mol. The first-order chi connectivity index (χ1) is 15.6. The van der Waals surface area contributed by atoms with Crippen molar-refractivity contribution in [2.24, 2.45) is 0 Å². The summed E-state index contributed by atoms with van der Waals surface area (Å²) in [4.78, 5) is 13.1. The molecule has 32 heavy (non-hydrogen) atoms. The Bertz CT molecular complexity index is 1200. The number of thiocarbonyl (C=S) groups is 1. The van der Waals surface area contributed by atoms with Crippen molar-refractivity contribution in [3.05, 3.63) is 103 Å². The Morgan fingerprint density at radius 1 is 0.875 bits per heavy atom. The van der Waals surface area contributed by atoms with Crippen LogP contribution in [0.15, 0.2) is 91.5 Å². The fourth-order valence-corrected chi connectivity index (χ4v) is 4.57. The first-order valence-corrected chi connectivity index (χ1v) is 10.9. The van der Waals surface area contributed by atoms with Gasteiger partial charge in [-0.3, -0.25) is 9.97 Å². The second-order valence-electron chi connectivity index (χ2n) is 7.92. The zero-order valence-electron chi connectivity index (χ0n) is 18.0. The Balaban J connectivity index is 1.64. The number of hydrogen-bond acceptors (Lipinski definition) is 4. The van der Waals surface area contributed by atoms with Gasteiger partial charge in [-0.15, -0.1) is 0 Å². The van der Waals surface area contributed by atoms with E-state index in [1.165, 1.54) is 0 Å². The highest BCUT2D eigenvalue weighted by molar-refractivity contribution is 7.80. The third-order valence-electron chi connectivity index (χ3n) is 5.77. The predicted molar refractivity (Wildman–Crippen MR) is 132 cm³/mol. The fourth-order valence-electron chi connectivity index (χ4n) is 4.22. The van der Waals surface area contributed by atoms with Crippen LogP contribution in [0.4, 0.5) is 11.4 Å². The van der Waals surface area contributed by atoms with Crippen molar-refractivity contribution < 1.29 is 0 Å². The predicted octanol–water partition coefficient (Wildman–Crippen LogP) is 4.51. The summed E-state index contributed by atoms with van der Waals surface area (Å²) in [5.41, 5.74) is 5.31. The van der Waals surface area contributed by atoms with Crippen LogP contribution < -0.4 is 15.1 Å². The number of aromatic nitrogens is 3. The maximum atomic E-state index is 5.85. The summed E-state index contributed by atoms with van der Waals surface area (Å²) in [7, 11) is 4.08. The Kier molecular flexibility index (Phi) is 5.33. The topological polar surface area (TPSA) is 49.2 Å². The Morgan fingerprint density at radius 3 is 2.34 bits per heavy atom. The first kappa shape index (κ1) is 20.2. The quantitative estimate of drug-likeness (QED) is 0.461. The molecule has 0 saturated carbocycles. The molecule has 0 spiro atoms. The highest BCUT2D eigenvalue weighted by Crippen LogP contribution is 2.42. The smallest absolute Gasteiger partial charge is 0.174 e. The molecule has 0 amide bonds. The molecule has 1 aliphatic rings. The summed E-state index contributed by atoms with van der Waals surface area (Å²) in [6.45, 7) is 0. The van der Waals surface area contributed by atoms with E-state index in [0.29, 0.717) is 5.11 Å². The molecule has 4 heterocycles. The SMILES string of the molecule is CN(C)c1ccc(N2C(=S)N[C@H](c3ccccn3)[C@@H]2c2cccn2-c2ccncc2)cc1. The molecule has 1 fully saturated rings. The van der Waals surface area contributed by atoms with Crippen molar-refractivity contribution >= 4 is 28.7 Å². The second kappa shape index (κ2) is 8.43. The van der Waals surface area contributed by atoms with E-state index < -0.39 is 0 Å². The summed E-state index contributed by atoms with van der Waals surface area (Å²) in [6, 6.07) is 22.5. The Morgan fingerprint density at radius 2 is 1.66 bits per heavy atom. The highest BCUT2D eigenvalue weighted by Gasteiger charge is 2.42. The lowest BCUT2D eigenvalue weighted by Gasteiger charge is -2.29. The van der Waals surface area contributed by atoms with Crippen LogP contribution in [0.2, 0.25) is 0 Å². The Labute approximate surface area is 193 Å². The molecular formula is C25H24N6S. The van der Waals surface area contributed by atoms with Crippen molar-refractivity contribution in [3.63, 3.8) is 0 Å². The van der Waals surface area contributed by atoms with Crippen LogP contribution in [0.1, 0.15) is 23.5 Å². The van der Waals surface area contributed by atoms with Gasteiger partial charge >= 0.3 is 0 Å². The maximum absolute atomic E-state index is 5.85. The van der Waals surface area contributed by atoms with E-state index >= 15 is 0 Å². The van der Waals surface area contributed by atoms with Crippen LogP contribution in [0.5, 0.6) is 0 Å². The zero-order chi connectivity index (χ0) is 22.1. The molecule has 7 heteroatoms. The van der Waals surface area contributed by atoms with Crippen molar-refractivity contribution in [1.29, 1.82) is 0 Å². The molecule has 1 aliphatic heterocycles. The van der Waals surface area contributed by atoms with Gasteiger partial charge in [-0.1, -0.05) is 6.07 Å². The molecule has 1 aromatic carbocycles. The molecule has 0 bridgehead atoms. The van der Waals surface area contributed by atoms with Gasteiger partial charge < -0.3 is 19.7 Å². The Hall–Kier alpha value is -3.71. The van der Waals surface area contributed by atoms with Crippen molar-refractivity contribution in [1.82, 2.24) is 19.9 Å². The van der Waals surface area contributed by atoms with E-state index in [0.717, 1.165) is 28.5 Å². The standard InChI is InChI=1S/C25H24N6S/c1-29(2)18-8-10-20(11-9-18)31-24(23(28-25(31)32)21-6-3-4-14-27-21)22-7-5-17-30(22)19-12-15-26-16-13-19/h3-17,23-24H,1-2H3,(H,28,32)/t23-,24+/m1/s1. The van der Waals surface area contributed by atoms with Gasteiger partial charge in [0.25, 0.3) is 0 Å². The largest absolute Gasteiger partial charge is 0.378 e. The number of benzene rings is 1. The van der Waals surface area contributed by atoms with Gasteiger partial charge in [0.15, 0.2) is 5.11 Å². The highest BCUT2D eigenvalue weighted by atomic mass is 32.1. The molecule has 2 atom stereocenters. The number of nitrogens with one attached hydrogen (secondary N) is 1. The molecule has 3 aromatic heterocycles. The van der Waals surface area contributed by atoms with Crippen LogP contribution in [0, 0.1) is 0 Å². The molecule has 0 aliphatic carbocycles. The lowest BCUT2D eigenvalue weighted by Crippen LogP contribution is -2.30. The molecule has 1 N–H and O–H groups in total. The summed E-state index contributed by atoms with van der Waals surface area (Å²) in [5.74, 6) is 0. The van der Waals surface area contributed by atoms with E-state index in [1.807, 2.05) is 63.0 Å². The second-order valence-corrected chi connectivity index (χ2v) is 8.30. The first-order valence-electron chi connectivity index (χ1n) is 10.5. The third-order valence-corrected chi connectivity index (χ3v) is 6.08. The molecule has 4 aromatic rings. The van der Waals surface area contributed by atoms with Crippen LogP contribution in [0.25, 0.3) is 5.69 Å². The van der Waals surface area contributed by atoms with E-state index in [9.17, 15) is 0 Å². The van der Waals surface area contributed by atoms with Gasteiger partial charge in [-0.05, 0) is 72.9 Å². The number of rotatable bonds is 5. The van der Waals surface area contributed by atoms with Crippen LogP contribution in [0.3, 0.4) is 0 Å². The number of nitrogens with zero attached hydrogens (tertiary/aromatic N) is 5. The molecule has 160 valence electrons. The van der Waals surface area contributed by atoms with Crippen LogP contribution >= 0.6 is 12.2 Å². The van der Waals surface area contributed by atoms with E-state index in [1.54, 1.807) is 0 Å². The van der Waals surface area contributed by atoms with Crippen molar-refractivity contribution in [2.75, 3.05) is 23.9 Å². The van der Waals surface area contributed by atoms with Gasteiger partial charge in [0.1, 0.15) is 6.04 Å². The lowest BCUT2D eigenvalue weighted by molar-refractivity contribution is 0.549. The normalized spacial score (nSPS) is 17.9. The van der Waals surface area contributed by atoms with Crippen LogP contribution in [-0.4, -0.2) is 33.7 Å². The molecule has 6 nitrogen and oxygen atoms in total. The average Bonchev–Trinajstić information content (AvgIpc) is 3.44. The maximum Gasteiger partial charge on any atom is 0.174 e. The van der Waals surface area contributed by atoms with Gasteiger partial charge in [0.2, 0.25) is 0 Å². The molecule has 5 rings (SSSR count). The fraction of sp³-hybridized carbons (Fsp3) is 0.160. The summed E-state index contributed by atoms with van der Waals surface area (Å²) in [5, 5.41) is 4.22. The zero-order valence-corrected chi connectivity index (χ0v) is 18.8. The minimum Gasteiger partial charge on any atom is -0.378 e. The van der Waals surface area contributed by atoms with E-state index in [-0.39, 0.29) is 12.1 Å². The lowest BCUT2D eigenvalue weighted by atomic mass is 10.0. The van der Waals surface area contributed by atoms with Gasteiger partial charge in [0.05, 0.1) is 11.7 Å². The van der Waals surface area contributed by atoms with Crippen LogP contribution in [-0.2, 0) is 0 Å². The third kappa shape index (κ3) is 3.61. The molecule has 0 radical (unpaired) electrons. The molecule has 1 saturated heterocycles. The summed E-state index contributed by atoms with van der Waals surface area (Å²) >= 11 is 5.85. The van der Waals surface area contributed by atoms with Gasteiger partial charge in [0, 0.05) is 61.6 Å². The van der Waals surface area contributed by atoms with Gasteiger partial charge in [-0.2, -0.15) is 0 Å². The van der Waals surface area contributed by atoms with E-state index in [2.05, 4.69) is 72.2 Å². The summed E-state index contributed by atoms with van der Waals surface area (Å²) < 4.78 is 2.19. The van der Waals surface area contributed by atoms with Gasteiger partial charge in [-0.25, -0.2) is 0 Å². The van der Waals surface area contributed by atoms with E-state index in [4.69, 9.17) is 12.2 Å². The summed E-state index contributed by atoms with van der Waals surface area (Å²) in [6.07, 6.45) is 7.53.